The SMILES string of the molecule is COc1ncnc(C(C)C(C)=O)c1C. The summed E-state index contributed by atoms with van der Waals surface area (Å²) in [6.07, 6.45) is 1.42. The normalized spacial score (nSPS) is 12.3. The molecule has 0 bridgehead atoms. The molecule has 0 fully saturated rings. The fourth-order valence-corrected chi connectivity index (χ4v) is 1.28. The fourth-order valence-electron chi connectivity index (χ4n) is 1.28. The van der Waals surface area contributed by atoms with Crippen molar-refractivity contribution in [2.75, 3.05) is 7.11 Å². The number of nitrogens with zero attached hydrogens (tertiary/aromatic N) is 2. The van der Waals surface area contributed by atoms with Gasteiger partial charge in [0.25, 0.3) is 0 Å². The third kappa shape index (κ3) is 1.89. The molecule has 1 aromatic heterocycles. The Morgan fingerprint density at radius 1 is 1.50 bits per heavy atom. The summed E-state index contributed by atoms with van der Waals surface area (Å²) in [5.74, 6) is 0.420. The molecule has 0 amide bonds. The highest BCUT2D eigenvalue weighted by Gasteiger charge is 2.17. The number of carbonyl (C=O) groups excluding carboxylic acids is 1. The first-order valence-corrected chi connectivity index (χ1v) is 4.43. The van der Waals surface area contributed by atoms with Crippen LogP contribution in [0.25, 0.3) is 0 Å². The van der Waals surface area contributed by atoms with Crippen molar-refractivity contribution in [3.05, 3.63) is 17.6 Å². The van der Waals surface area contributed by atoms with E-state index in [2.05, 4.69) is 9.97 Å². The third-order valence-corrected chi connectivity index (χ3v) is 2.29. The second-order valence-electron chi connectivity index (χ2n) is 3.23. The zero-order valence-corrected chi connectivity index (χ0v) is 8.87. The van der Waals surface area contributed by atoms with Gasteiger partial charge in [-0.2, -0.15) is 0 Å². The molecule has 1 unspecified atom stereocenters. The maximum Gasteiger partial charge on any atom is 0.219 e. The molecule has 4 heteroatoms. The Balaban J connectivity index is 3.15. The molecule has 0 saturated carbocycles. The number of hydrogen-bond acceptors (Lipinski definition) is 4. The Labute approximate surface area is 83.3 Å². The largest absolute Gasteiger partial charge is 0.481 e. The summed E-state index contributed by atoms with van der Waals surface area (Å²) in [5, 5.41) is 0. The lowest BCUT2D eigenvalue weighted by molar-refractivity contribution is -0.118. The minimum atomic E-state index is -0.202. The van der Waals surface area contributed by atoms with Crippen molar-refractivity contribution in [1.82, 2.24) is 9.97 Å². The van der Waals surface area contributed by atoms with Crippen LogP contribution in [0.1, 0.15) is 31.0 Å². The van der Waals surface area contributed by atoms with Crippen molar-refractivity contribution >= 4 is 5.78 Å². The van der Waals surface area contributed by atoms with Crippen LogP contribution < -0.4 is 4.74 Å². The molecule has 4 nitrogen and oxygen atoms in total. The summed E-state index contributed by atoms with van der Waals surface area (Å²) in [6, 6.07) is 0. The lowest BCUT2D eigenvalue weighted by Crippen LogP contribution is -2.10. The lowest BCUT2D eigenvalue weighted by Gasteiger charge is -2.11. The molecule has 0 aromatic carbocycles. The van der Waals surface area contributed by atoms with Gasteiger partial charge in [-0.1, -0.05) is 0 Å². The summed E-state index contributed by atoms with van der Waals surface area (Å²) < 4.78 is 5.05. The van der Waals surface area contributed by atoms with E-state index in [0.29, 0.717) is 5.88 Å². The molecule has 1 heterocycles. The van der Waals surface area contributed by atoms with Crippen LogP contribution in [0.3, 0.4) is 0 Å². The number of ether oxygens (including phenoxy) is 1. The van der Waals surface area contributed by atoms with E-state index in [-0.39, 0.29) is 11.7 Å². The van der Waals surface area contributed by atoms with Crippen molar-refractivity contribution in [3.8, 4) is 5.88 Å². The molecule has 1 atom stereocenters. The van der Waals surface area contributed by atoms with Crippen LogP contribution >= 0.6 is 0 Å². The second-order valence-corrected chi connectivity index (χ2v) is 3.23. The maximum absolute atomic E-state index is 11.2. The molecule has 0 aliphatic carbocycles. The van der Waals surface area contributed by atoms with Gasteiger partial charge in [-0.15, -0.1) is 0 Å². The van der Waals surface area contributed by atoms with Gasteiger partial charge in [0.2, 0.25) is 5.88 Å². The summed E-state index contributed by atoms with van der Waals surface area (Å²) in [4.78, 5) is 19.2. The number of rotatable bonds is 3. The van der Waals surface area contributed by atoms with Crippen molar-refractivity contribution in [2.24, 2.45) is 0 Å². The highest BCUT2D eigenvalue weighted by molar-refractivity contribution is 5.82. The lowest BCUT2D eigenvalue weighted by atomic mass is 10.00. The number of ketones is 1. The van der Waals surface area contributed by atoms with E-state index in [9.17, 15) is 4.79 Å². The molecule has 1 rings (SSSR count). The van der Waals surface area contributed by atoms with Crippen molar-refractivity contribution in [1.29, 1.82) is 0 Å². The molecular formula is C10H14N2O2. The average molecular weight is 194 g/mol. The average Bonchev–Trinajstić information content (AvgIpc) is 2.17. The van der Waals surface area contributed by atoms with Crippen LogP contribution in [0, 0.1) is 6.92 Å². The first kappa shape index (κ1) is 10.6. The Morgan fingerprint density at radius 3 is 2.64 bits per heavy atom. The standard InChI is InChI=1S/C10H14N2O2/c1-6(8(3)13)9-7(2)10(14-4)12-5-11-9/h5-6H,1-4H3. The van der Waals surface area contributed by atoms with Crippen LogP contribution in [-0.4, -0.2) is 22.9 Å². The molecule has 14 heavy (non-hydrogen) atoms. The number of hydrogen-bond donors (Lipinski definition) is 0. The van der Waals surface area contributed by atoms with E-state index < -0.39 is 0 Å². The molecular weight excluding hydrogens is 180 g/mol. The topological polar surface area (TPSA) is 52.1 Å². The molecule has 0 N–H and O–H groups in total. The van der Waals surface area contributed by atoms with E-state index in [1.165, 1.54) is 6.33 Å². The van der Waals surface area contributed by atoms with E-state index in [1.807, 2.05) is 13.8 Å². The van der Waals surface area contributed by atoms with Crippen LogP contribution in [0.2, 0.25) is 0 Å². The number of methoxy groups -OCH3 is 1. The first-order chi connectivity index (χ1) is 6.57. The fraction of sp³-hybridized carbons (Fsp3) is 0.500. The van der Waals surface area contributed by atoms with E-state index in [0.717, 1.165) is 11.3 Å². The van der Waals surface area contributed by atoms with Crippen LogP contribution in [-0.2, 0) is 4.79 Å². The quantitative estimate of drug-likeness (QED) is 0.731. The highest BCUT2D eigenvalue weighted by Crippen LogP contribution is 2.22. The number of carbonyl (C=O) groups is 1. The zero-order chi connectivity index (χ0) is 10.7. The summed E-state index contributed by atoms with van der Waals surface area (Å²) >= 11 is 0. The second kappa shape index (κ2) is 4.17. The highest BCUT2D eigenvalue weighted by atomic mass is 16.5. The van der Waals surface area contributed by atoms with Crippen molar-refractivity contribution < 1.29 is 9.53 Å². The predicted molar refractivity (Wildman–Crippen MR) is 52.4 cm³/mol. The number of aromatic nitrogens is 2. The molecule has 0 aliphatic rings. The van der Waals surface area contributed by atoms with Gasteiger partial charge in [0, 0.05) is 5.56 Å². The summed E-state index contributed by atoms with van der Waals surface area (Å²) in [5.41, 5.74) is 1.57. The third-order valence-electron chi connectivity index (χ3n) is 2.29. The first-order valence-electron chi connectivity index (χ1n) is 4.43. The molecule has 0 radical (unpaired) electrons. The van der Waals surface area contributed by atoms with Gasteiger partial charge >= 0.3 is 0 Å². The summed E-state index contributed by atoms with van der Waals surface area (Å²) in [7, 11) is 1.55. The van der Waals surface area contributed by atoms with E-state index in [4.69, 9.17) is 4.74 Å². The predicted octanol–water partition coefficient (Wildman–Crippen LogP) is 1.49. The molecule has 0 spiro atoms. The van der Waals surface area contributed by atoms with Gasteiger partial charge < -0.3 is 4.74 Å². The van der Waals surface area contributed by atoms with Crippen molar-refractivity contribution in [3.63, 3.8) is 0 Å². The van der Waals surface area contributed by atoms with Crippen molar-refractivity contribution in [2.45, 2.75) is 26.7 Å². The maximum atomic E-state index is 11.2. The smallest absolute Gasteiger partial charge is 0.219 e. The van der Waals surface area contributed by atoms with Gasteiger partial charge in [0.1, 0.15) is 12.1 Å². The zero-order valence-electron chi connectivity index (χ0n) is 8.87. The van der Waals surface area contributed by atoms with Gasteiger partial charge in [0.05, 0.1) is 18.7 Å². The monoisotopic (exact) mass is 194 g/mol. The molecule has 76 valence electrons. The van der Waals surface area contributed by atoms with Crippen LogP contribution in [0.4, 0.5) is 0 Å². The minimum Gasteiger partial charge on any atom is -0.481 e. The van der Waals surface area contributed by atoms with Crippen LogP contribution in [0.15, 0.2) is 6.33 Å². The molecule has 0 aliphatic heterocycles. The van der Waals surface area contributed by atoms with E-state index in [1.54, 1.807) is 14.0 Å². The van der Waals surface area contributed by atoms with Crippen LogP contribution in [0.5, 0.6) is 5.88 Å². The Hall–Kier alpha value is -1.45. The minimum absolute atomic E-state index is 0.0915. The Bertz CT molecular complexity index is 350. The van der Waals surface area contributed by atoms with Gasteiger partial charge in [0.15, 0.2) is 0 Å². The molecule has 1 aromatic rings. The molecule has 0 saturated heterocycles. The Morgan fingerprint density at radius 2 is 2.14 bits per heavy atom. The number of Topliss-reactive ketones (excluding diaryl/α,β-unsaturated/α-hetero) is 1. The van der Waals surface area contributed by atoms with E-state index >= 15 is 0 Å². The van der Waals surface area contributed by atoms with Gasteiger partial charge in [-0.25, -0.2) is 9.97 Å². The van der Waals surface area contributed by atoms with Gasteiger partial charge in [-0.05, 0) is 20.8 Å². The van der Waals surface area contributed by atoms with Gasteiger partial charge in [-0.3, -0.25) is 4.79 Å². The Kier molecular flexibility index (Phi) is 3.17. The summed E-state index contributed by atoms with van der Waals surface area (Å²) in [6.45, 7) is 5.24.